The SMILES string of the molecule is Cc1ccc(COC(=O)COc2nc(F)c(Cl)c(N)c2Cl)cc1. The number of nitrogen functional groups attached to an aromatic ring is 1. The molecule has 0 aliphatic rings. The van der Waals surface area contributed by atoms with Crippen LogP contribution in [0.1, 0.15) is 11.1 Å². The molecule has 2 aromatic rings. The molecule has 0 bridgehead atoms. The quantitative estimate of drug-likeness (QED) is 0.653. The largest absolute Gasteiger partial charge is 0.464 e. The Morgan fingerprint density at radius 1 is 1.26 bits per heavy atom. The lowest BCUT2D eigenvalue weighted by molar-refractivity contribution is -0.147. The van der Waals surface area contributed by atoms with E-state index in [9.17, 15) is 9.18 Å². The van der Waals surface area contributed by atoms with E-state index in [1.165, 1.54) is 0 Å². The third-order valence-corrected chi connectivity index (χ3v) is 3.61. The number of benzene rings is 1. The molecule has 0 amide bonds. The Kier molecular flexibility index (Phi) is 5.63. The number of nitrogens with zero attached hydrogens (tertiary/aromatic N) is 1. The number of carbonyl (C=O) groups is 1. The number of carbonyl (C=O) groups excluding carboxylic acids is 1. The third-order valence-electron chi connectivity index (χ3n) is 2.89. The topological polar surface area (TPSA) is 74.4 Å². The van der Waals surface area contributed by atoms with Crippen LogP contribution >= 0.6 is 23.2 Å². The van der Waals surface area contributed by atoms with Gasteiger partial charge in [0.1, 0.15) is 16.7 Å². The summed E-state index contributed by atoms with van der Waals surface area (Å²) in [5.41, 5.74) is 7.23. The van der Waals surface area contributed by atoms with Gasteiger partial charge in [-0.15, -0.1) is 0 Å². The standard InChI is InChI=1S/C15H13Cl2FN2O3/c1-8-2-4-9(5-3-8)6-22-10(21)7-23-15-12(17)13(19)11(16)14(18)20-15/h2-5H,6-7H2,1H3,(H2,19,20). The summed E-state index contributed by atoms with van der Waals surface area (Å²) in [6.45, 7) is 1.57. The van der Waals surface area contributed by atoms with Crippen LogP contribution in [0.15, 0.2) is 24.3 Å². The minimum Gasteiger partial charge on any atom is -0.464 e. The van der Waals surface area contributed by atoms with Gasteiger partial charge in [0.15, 0.2) is 6.61 Å². The number of rotatable bonds is 5. The normalized spacial score (nSPS) is 10.4. The average Bonchev–Trinajstić information content (AvgIpc) is 2.54. The summed E-state index contributed by atoms with van der Waals surface area (Å²) in [7, 11) is 0. The molecule has 2 N–H and O–H groups in total. The van der Waals surface area contributed by atoms with E-state index in [-0.39, 0.29) is 23.2 Å². The van der Waals surface area contributed by atoms with Crippen molar-refractivity contribution in [2.75, 3.05) is 12.3 Å². The molecule has 0 spiro atoms. The highest BCUT2D eigenvalue weighted by Crippen LogP contribution is 2.35. The molecule has 122 valence electrons. The van der Waals surface area contributed by atoms with Gasteiger partial charge in [0.2, 0.25) is 11.8 Å². The van der Waals surface area contributed by atoms with Crippen LogP contribution in [0.2, 0.25) is 10.0 Å². The van der Waals surface area contributed by atoms with E-state index in [1.807, 2.05) is 31.2 Å². The van der Waals surface area contributed by atoms with Crippen molar-refractivity contribution in [3.8, 4) is 5.88 Å². The van der Waals surface area contributed by atoms with Gasteiger partial charge in [-0.05, 0) is 12.5 Å². The van der Waals surface area contributed by atoms with Crippen LogP contribution in [0.3, 0.4) is 0 Å². The summed E-state index contributed by atoms with van der Waals surface area (Å²) in [5, 5.41) is -0.563. The molecule has 1 aromatic heterocycles. The second kappa shape index (κ2) is 7.48. The average molecular weight is 359 g/mol. The van der Waals surface area contributed by atoms with E-state index in [2.05, 4.69) is 4.98 Å². The first-order valence-corrected chi connectivity index (χ1v) is 7.28. The van der Waals surface area contributed by atoms with Gasteiger partial charge < -0.3 is 15.2 Å². The zero-order chi connectivity index (χ0) is 17.0. The molecule has 0 fully saturated rings. The fraction of sp³-hybridized carbons (Fsp3) is 0.200. The fourth-order valence-corrected chi connectivity index (χ4v) is 2.00. The molecule has 0 unspecified atom stereocenters. The van der Waals surface area contributed by atoms with Gasteiger partial charge in [-0.1, -0.05) is 53.0 Å². The minimum atomic E-state index is -1.03. The number of aryl methyl sites for hydroxylation is 1. The van der Waals surface area contributed by atoms with Gasteiger partial charge in [0, 0.05) is 0 Å². The number of ether oxygens (including phenoxy) is 2. The number of nitrogens with two attached hydrogens (primary N) is 1. The number of esters is 1. The Bertz CT molecular complexity index is 724. The zero-order valence-electron chi connectivity index (χ0n) is 12.1. The van der Waals surface area contributed by atoms with Crippen molar-refractivity contribution in [1.82, 2.24) is 4.98 Å². The molecule has 1 aromatic carbocycles. The van der Waals surface area contributed by atoms with Crippen LogP contribution in [0, 0.1) is 12.9 Å². The second-order valence-corrected chi connectivity index (χ2v) is 5.44. The molecule has 0 aliphatic carbocycles. The van der Waals surface area contributed by atoms with Gasteiger partial charge in [-0.2, -0.15) is 9.37 Å². The molecular weight excluding hydrogens is 346 g/mol. The Hall–Kier alpha value is -2.05. The van der Waals surface area contributed by atoms with Crippen molar-refractivity contribution in [2.45, 2.75) is 13.5 Å². The van der Waals surface area contributed by atoms with Gasteiger partial charge >= 0.3 is 5.97 Å². The molecule has 0 saturated carbocycles. The summed E-state index contributed by atoms with van der Waals surface area (Å²) in [6.07, 6.45) is 0. The molecule has 5 nitrogen and oxygen atoms in total. The highest BCUT2D eigenvalue weighted by molar-refractivity contribution is 6.39. The predicted octanol–water partition coefficient (Wildman–Crippen LogP) is 3.54. The van der Waals surface area contributed by atoms with Crippen molar-refractivity contribution in [1.29, 1.82) is 0 Å². The highest BCUT2D eigenvalue weighted by Gasteiger charge is 2.17. The van der Waals surface area contributed by atoms with Crippen molar-refractivity contribution in [2.24, 2.45) is 0 Å². The zero-order valence-corrected chi connectivity index (χ0v) is 13.6. The molecular formula is C15H13Cl2FN2O3. The summed E-state index contributed by atoms with van der Waals surface area (Å²) in [5.74, 6) is -2.01. The number of pyridine rings is 1. The molecule has 0 aliphatic heterocycles. The molecule has 0 atom stereocenters. The van der Waals surface area contributed by atoms with E-state index in [4.69, 9.17) is 38.4 Å². The van der Waals surface area contributed by atoms with Gasteiger partial charge in [-0.3, -0.25) is 0 Å². The molecule has 2 rings (SSSR count). The van der Waals surface area contributed by atoms with Crippen molar-refractivity contribution >= 4 is 34.9 Å². The van der Waals surface area contributed by atoms with Crippen molar-refractivity contribution in [3.05, 3.63) is 51.4 Å². The Labute approximate surface area is 142 Å². The van der Waals surface area contributed by atoms with Crippen LogP contribution in [0.25, 0.3) is 0 Å². The smallest absolute Gasteiger partial charge is 0.344 e. The Morgan fingerprint density at radius 3 is 2.57 bits per heavy atom. The van der Waals surface area contributed by atoms with Gasteiger partial charge in [0.05, 0.1) is 5.69 Å². The van der Waals surface area contributed by atoms with Crippen molar-refractivity contribution < 1.29 is 18.7 Å². The Balaban J connectivity index is 1.91. The van der Waals surface area contributed by atoms with Crippen LogP contribution in [0.4, 0.5) is 10.1 Å². The van der Waals surface area contributed by atoms with E-state index < -0.39 is 23.5 Å². The molecule has 0 saturated heterocycles. The summed E-state index contributed by atoms with van der Waals surface area (Å²) >= 11 is 11.4. The lowest BCUT2D eigenvalue weighted by atomic mass is 10.2. The molecule has 23 heavy (non-hydrogen) atoms. The Morgan fingerprint density at radius 2 is 1.91 bits per heavy atom. The number of halogens is 3. The lowest BCUT2D eigenvalue weighted by Crippen LogP contribution is -2.16. The van der Waals surface area contributed by atoms with Gasteiger partial charge in [-0.25, -0.2) is 4.79 Å². The second-order valence-electron chi connectivity index (χ2n) is 4.68. The van der Waals surface area contributed by atoms with E-state index >= 15 is 0 Å². The first-order chi connectivity index (χ1) is 10.9. The van der Waals surface area contributed by atoms with E-state index in [0.717, 1.165) is 11.1 Å². The number of hydrogen-bond donors (Lipinski definition) is 1. The van der Waals surface area contributed by atoms with Gasteiger partial charge in [0.25, 0.3) is 0 Å². The minimum absolute atomic E-state index is 0.0980. The maximum Gasteiger partial charge on any atom is 0.344 e. The fourth-order valence-electron chi connectivity index (χ4n) is 1.62. The number of aromatic nitrogens is 1. The summed E-state index contributed by atoms with van der Waals surface area (Å²) in [6, 6.07) is 7.50. The maximum absolute atomic E-state index is 13.4. The highest BCUT2D eigenvalue weighted by atomic mass is 35.5. The molecule has 1 heterocycles. The number of anilines is 1. The first-order valence-electron chi connectivity index (χ1n) is 6.52. The van der Waals surface area contributed by atoms with Crippen LogP contribution < -0.4 is 10.5 Å². The lowest BCUT2D eigenvalue weighted by Gasteiger charge is -2.10. The van der Waals surface area contributed by atoms with Crippen LogP contribution in [-0.2, 0) is 16.1 Å². The molecule has 8 heteroatoms. The molecule has 0 radical (unpaired) electrons. The third kappa shape index (κ3) is 4.46. The van der Waals surface area contributed by atoms with Crippen LogP contribution in [0.5, 0.6) is 5.88 Å². The summed E-state index contributed by atoms with van der Waals surface area (Å²) < 4.78 is 23.4. The van der Waals surface area contributed by atoms with E-state index in [1.54, 1.807) is 0 Å². The van der Waals surface area contributed by atoms with E-state index in [0.29, 0.717) is 0 Å². The van der Waals surface area contributed by atoms with Crippen molar-refractivity contribution in [3.63, 3.8) is 0 Å². The maximum atomic E-state index is 13.4. The first kappa shape index (κ1) is 17.3. The van der Waals surface area contributed by atoms with Crippen LogP contribution in [-0.4, -0.2) is 17.6 Å². The number of hydrogen-bond acceptors (Lipinski definition) is 5. The monoisotopic (exact) mass is 358 g/mol. The predicted molar refractivity (Wildman–Crippen MR) is 85.1 cm³/mol. The summed E-state index contributed by atoms with van der Waals surface area (Å²) in [4.78, 5) is 15.0.